The quantitative estimate of drug-likeness (QED) is 0.0262. The first-order chi connectivity index (χ1) is 33.0. The van der Waals surface area contributed by atoms with Gasteiger partial charge >= 0.3 is 17.9 Å². The lowest BCUT2D eigenvalue weighted by Crippen LogP contribution is -2.30. The number of carbonyl (C=O) groups excluding carboxylic acids is 3. The summed E-state index contributed by atoms with van der Waals surface area (Å²) in [6, 6.07) is 0. The molecule has 380 valence electrons. The van der Waals surface area contributed by atoms with Gasteiger partial charge in [-0.2, -0.15) is 0 Å². The third-order valence-corrected chi connectivity index (χ3v) is 11.2. The molecular formula is C61H100O6. The third-order valence-electron chi connectivity index (χ3n) is 11.2. The Labute approximate surface area is 412 Å². The predicted octanol–water partition coefficient (Wildman–Crippen LogP) is 18.3. The molecule has 0 rings (SSSR count). The second-order valence-electron chi connectivity index (χ2n) is 17.7. The Hall–Kier alpha value is -3.93. The Morgan fingerprint density at radius 1 is 0.313 bits per heavy atom. The first-order valence-corrected chi connectivity index (χ1v) is 27.4. The highest BCUT2D eigenvalue weighted by atomic mass is 16.6. The largest absolute Gasteiger partial charge is 0.462 e. The molecule has 0 aromatic rings. The number of hydrogen-bond acceptors (Lipinski definition) is 6. The van der Waals surface area contributed by atoms with E-state index in [0.29, 0.717) is 19.3 Å². The van der Waals surface area contributed by atoms with E-state index in [0.717, 1.165) is 109 Å². The third kappa shape index (κ3) is 52.9. The zero-order valence-corrected chi connectivity index (χ0v) is 43.4. The molecule has 0 aliphatic heterocycles. The van der Waals surface area contributed by atoms with Gasteiger partial charge in [0.2, 0.25) is 0 Å². The van der Waals surface area contributed by atoms with Gasteiger partial charge in [-0.1, -0.05) is 207 Å². The number of allylic oxidation sites excluding steroid dienone is 18. The van der Waals surface area contributed by atoms with Crippen LogP contribution in [0.3, 0.4) is 0 Å². The summed E-state index contributed by atoms with van der Waals surface area (Å²) in [5, 5.41) is 0. The molecule has 0 aliphatic rings. The lowest BCUT2D eigenvalue weighted by atomic mass is 10.1. The lowest BCUT2D eigenvalue weighted by molar-refractivity contribution is -0.167. The van der Waals surface area contributed by atoms with Gasteiger partial charge in [0, 0.05) is 19.3 Å². The zero-order chi connectivity index (χ0) is 48.6. The normalized spacial score (nSPS) is 12.9. The van der Waals surface area contributed by atoms with E-state index in [1.54, 1.807) is 0 Å². The van der Waals surface area contributed by atoms with Crippen molar-refractivity contribution in [1.29, 1.82) is 0 Å². The van der Waals surface area contributed by atoms with Gasteiger partial charge < -0.3 is 14.2 Å². The van der Waals surface area contributed by atoms with Crippen molar-refractivity contribution in [3.05, 3.63) is 109 Å². The van der Waals surface area contributed by atoms with Gasteiger partial charge in [0.05, 0.1) is 0 Å². The van der Waals surface area contributed by atoms with Crippen molar-refractivity contribution in [1.82, 2.24) is 0 Å². The van der Waals surface area contributed by atoms with E-state index in [1.807, 2.05) is 0 Å². The van der Waals surface area contributed by atoms with Crippen LogP contribution in [0.4, 0.5) is 0 Å². The highest BCUT2D eigenvalue weighted by Gasteiger charge is 2.19. The van der Waals surface area contributed by atoms with Crippen molar-refractivity contribution in [3.8, 4) is 0 Å². The molecule has 0 aromatic heterocycles. The molecule has 6 nitrogen and oxygen atoms in total. The average Bonchev–Trinajstić information content (AvgIpc) is 3.33. The van der Waals surface area contributed by atoms with Crippen LogP contribution in [0.2, 0.25) is 0 Å². The highest BCUT2D eigenvalue weighted by molar-refractivity contribution is 5.71. The summed E-state index contributed by atoms with van der Waals surface area (Å²) in [4.78, 5) is 38.0. The molecule has 0 saturated carbocycles. The monoisotopic (exact) mass is 929 g/mol. The van der Waals surface area contributed by atoms with Crippen molar-refractivity contribution in [2.45, 2.75) is 245 Å². The lowest BCUT2D eigenvalue weighted by Gasteiger charge is -2.18. The summed E-state index contributed by atoms with van der Waals surface area (Å²) in [5.41, 5.74) is 0. The zero-order valence-electron chi connectivity index (χ0n) is 43.4. The van der Waals surface area contributed by atoms with Crippen molar-refractivity contribution >= 4 is 17.9 Å². The molecule has 0 N–H and O–H groups in total. The first-order valence-electron chi connectivity index (χ1n) is 27.4. The van der Waals surface area contributed by atoms with E-state index in [1.165, 1.54) is 83.5 Å². The highest BCUT2D eigenvalue weighted by Crippen LogP contribution is 2.12. The summed E-state index contributed by atoms with van der Waals surface area (Å²) in [7, 11) is 0. The minimum Gasteiger partial charge on any atom is -0.462 e. The number of hydrogen-bond donors (Lipinski definition) is 0. The molecule has 0 spiro atoms. The molecule has 67 heavy (non-hydrogen) atoms. The summed E-state index contributed by atoms with van der Waals surface area (Å²) in [5.74, 6) is -1.01. The van der Waals surface area contributed by atoms with Gasteiger partial charge in [0.15, 0.2) is 6.10 Å². The SMILES string of the molecule is CC/C=C\C/C=C\C/C=C\C/C=C\C/C=C\CCCCCC(=O)OC[C@H](COC(=O)CCCCCCC/C=C\CCCCCC)OC(=O)CCC/C=C\C/C=C\C/C=C\CCCCCCCC. The van der Waals surface area contributed by atoms with E-state index < -0.39 is 6.10 Å². The topological polar surface area (TPSA) is 78.9 Å². The Morgan fingerprint density at radius 3 is 1.00 bits per heavy atom. The minimum absolute atomic E-state index is 0.115. The van der Waals surface area contributed by atoms with Crippen LogP contribution in [-0.2, 0) is 28.6 Å². The van der Waals surface area contributed by atoms with Gasteiger partial charge in [0.1, 0.15) is 13.2 Å². The maximum Gasteiger partial charge on any atom is 0.306 e. The molecule has 0 heterocycles. The Balaban J connectivity index is 4.54. The van der Waals surface area contributed by atoms with Crippen LogP contribution in [0, 0.1) is 0 Å². The van der Waals surface area contributed by atoms with Crippen LogP contribution < -0.4 is 0 Å². The van der Waals surface area contributed by atoms with Crippen LogP contribution in [0.15, 0.2) is 109 Å². The Kier molecular flexibility index (Phi) is 51.5. The van der Waals surface area contributed by atoms with Crippen LogP contribution in [0.25, 0.3) is 0 Å². The predicted molar refractivity (Wildman–Crippen MR) is 288 cm³/mol. The van der Waals surface area contributed by atoms with Crippen LogP contribution in [0.5, 0.6) is 0 Å². The number of esters is 3. The molecule has 0 aliphatic carbocycles. The average molecular weight is 929 g/mol. The molecule has 0 fully saturated rings. The van der Waals surface area contributed by atoms with Gasteiger partial charge in [0.25, 0.3) is 0 Å². The molecule has 0 amide bonds. The standard InChI is InChI=1S/C61H100O6/c1-4-7-10-13-16-19-22-25-27-29-30-32-33-36-39-42-45-48-51-54-60(63)66-57-58(56-65-59(62)53-50-47-44-41-38-35-24-21-18-15-12-9-6-3)67-61(64)55-52-49-46-43-40-37-34-31-28-26-23-20-17-14-11-8-5-2/h7,10,16,19,21,24-28,30,32,34,36-37,39,43,46,58H,4-6,8-9,11-15,17-18,20,22-23,29,31,33,35,38,40-42,44-45,47-57H2,1-3H3/b10-7-,19-16-,24-21-,27-25-,28-26-,32-30-,37-34-,39-36-,46-43-/t58-/m0/s1. The summed E-state index contributed by atoms with van der Waals surface area (Å²) < 4.78 is 16.7. The number of unbranched alkanes of at least 4 members (excludes halogenated alkanes) is 19. The van der Waals surface area contributed by atoms with Crippen LogP contribution >= 0.6 is 0 Å². The molecule has 0 radical (unpaired) electrons. The fourth-order valence-corrected chi connectivity index (χ4v) is 7.13. The van der Waals surface area contributed by atoms with Crippen molar-refractivity contribution in [2.24, 2.45) is 0 Å². The van der Waals surface area contributed by atoms with Crippen LogP contribution in [-0.4, -0.2) is 37.2 Å². The number of carbonyl (C=O) groups is 3. The van der Waals surface area contributed by atoms with Crippen molar-refractivity contribution < 1.29 is 28.6 Å². The molecule has 0 saturated heterocycles. The summed E-state index contributed by atoms with van der Waals surface area (Å²) in [6.07, 6.45) is 73.6. The van der Waals surface area contributed by atoms with Gasteiger partial charge in [-0.15, -0.1) is 0 Å². The molecular weight excluding hydrogens is 829 g/mol. The maximum absolute atomic E-state index is 12.8. The summed E-state index contributed by atoms with van der Waals surface area (Å²) in [6.45, 7) is 6.42. The second kappa shape index (κ2) is 54.7. The number of ether oxygens (including phenoxy) is 3. The van der Waals surface area contributed by atoms with E-state index in [2.05, 4.69) is 130 Å². The van der Waals surface area contributed by atoms with E-state index in [-0.39, 0.29) is 37.5 Å². The maximum atomic E-state index is 12.8. The van der Waals surface area contributed by atoms with E-state index >= 15 is 0 Å². The summed E-state index contributed by atoms with van der Waals surface area (Å²) >= 11 is 0. The van der Waals surface area contributed by atoms with E-state index in [9.17, 15) is 14.4 Å². The smallest absolute Gasteiger partial charge is 0.306 e. The Bertz CT molecular complexity index is 1390. The molecule has 6 heteroatoms. The van der Waals surface area contributed by atoms with Gasteiger partial charge in [-0.3, -0.25) is 14.4 Å². The van der Waals surface area contributed by atoms with Crippen molar-refractivity contribution in [3.63, 3.8) is 0 Å². The first kappa shape index (κ1) is 63.1. The van der Waals surface area contributed by atoms with Crippen LogP contribution in [0.1, 0.15) is 239 Å². The molecule has 1 atom stereocenters. The number of rotatable bonds is 48. The minimum atomic E-state index is -0.823. The fourth-order valence-electron chi connectivity index (χ4n) is 7.13. The van der Waals surface area contributed by atoms with Crippen molar-refractivity contribution in [2.75, 3.05) is 13.2 Å². The van der Waals surface area contributed by atoms with Gasteiger partial charge in [-0.25, -0.2) is 0 Å². The Morgan fingerprint density at radius 2 is 0.597 bits per heavy atom. The second-order valence-corrected chi connectivity index (χ2v) is 17.7. The fraction of sp³-hybridized carbons (Fsp3) is 0.656. The molecule has 0 aromatic carbocycles. The van der Waals surface area contributed by atoms with Gasteiger partial charge in [-0.05, 0) is 122 Å². The molecule has 0 bridgehead atoms. The molecule has 0 unspecified atom stereocenters. The van der Waals surface area contributed by atoms with E-state index in [4.69, 9.17) is 14.2 Å².